The molecule has 0 unspecified atom stereocenters. The second kappa shape index (κ2) is 7.17. The topological polar surface area (TPSA) is 66.9 Å². The molecule has 0 aliphatic carbocycles. The summed E-state index contributed by atoms with van der Waals surface area (Å²) >= 11 is 5.25. The number of nitrogens with one attached hydrogen (secondary N) is 2. The number of amides is 1. The lowest BCUT2D eigenvalue weighted by Gasteiger charge is -2.08. The van der Waals surface area contributed by atoms with Crippen molar-refractivity contribution in [2.75, 3.05) is 7.05 Å². The van der Waals surface area contributed by atoms with Crippen LogP contribution in [0.3, 0.4) is 0 Å². The van der Waals surface area contributed by atoms with Crippen LogP contribution in [0.5, 0.6) is 0 Å². The van der Waals surface area contributed by atoms with Gasteiger partial charge in [0, 0.05) is 20.0 Å². The van der Waals surface area contributed by atoms with E-state index in [1.807, 2.05) is 18.2 Å². The molecular formula is C15H19N3O2S. The first-order chi connectivity index (χ1) is 10.1. The SMILES string of the molecule is CNC(=O)CCCCCn1c(=S)[nH]c2ccccc2c1=O. The Morgan fingerprint density at radius 3 is 2.81 bits per heavy atom. The Bertz CT molecular complexity index is 748. The summed E-state index contributed by atoms with van der Waals surface area (Å²) in [5.74, 6) is 0.0511. The third-order valence-electron chi connectivity index (χ3n) is 3.45. The number of rotatable bonds is 6. The largest absolute Gasteiger partial charge is 0.359 e. The zero-order valence-electron chi connectivity index (χ0n) is 12.0. The van der Waals surface area contributed by atoms with E-state index in [0.29, 0.717) is 23.1 Å². The molecular weight excluding hydrogens is 286 g/mol. The minimum atomic E-state index is -0.0550. The Balaban J connectivity index is 2.04. The van der Waals surface area contributed by atoms with Gasteiger partial charge in [-0.3, -0.25) is 14.2 Å². The number of nitrogens with zero attached hydrogens (tertiary/aromatic N) is 1. The molecule has 0 atom stereocenters. The summed E-state index contributed by atoms with van der Waals surface area (Å²) in [6.07, 6.45) is 3.06. The van der Waals surface area contributed by atoms with Crippen molar-refractivity contribution in [3.63, 3.8) is 0 Å². The molecule has 112 valence electrons. The van der Waals surface area contributed by atoms with Crippen molar-refractivity contribution in [2.24, 2.45) is 0 Å². The first kappa shape index (κ1) is 15.4. The van der Waals surface area contributed by atoms with Gasteiger partial charge in [0.15, 0.2) is 4.77 Å². The van der Waals surface area contributed by atoms with Crippen molar-refractivity contribution in [3.8, 4) is 0 Å². The number of carbonyl (C=O) groups excluding carboxylic acids is 1. The highest BCUT2D eigenvalue weighted by molar-refractivity contribution is 7.71. The molecule has 0 saturated heterocycles. The quantitative estimate of drug-likeness (QED) is 0.636. The molecule has 1 amide bonds. The fourth-order valence-corrected chi connectivity index (χ4v) is 2.54. The fraction of sp³-hybridized carbons (Fsp3) is 0.400. The molecule has 1 aromatic carbocycles. The number of hydrogen-bond acceptors (Lipinski definition) is 3. The van der Waals surface area contributed by atoms with Crippen molar-refractivity contribution in [2.45, 2.75) is 32.2 Å². The van der Waals surface area contributed by atoms with Crippen LogP contribution >= 0.6 is 12.2 Å². The van der Waals surface area contributed by atoms with Crippen molar-refractivity contribution < 1.29 is 4.79 Å². The van der Waals surface area contributed by atoms with E-state index in [9.17, 15) is 9.59 Å². The van der Waals surface area contributed by atoms with Crippen molar-refractivity contribution in [1.82, 2.24) is 14.9 Å². The number of carbonyl (C=O) groups is 1. The Morgan fingerprint density at radius 1 is 1.29 bits per heavy atom. The predicted octanol–water partition coefficient (Wildman–Crippen LogP) is 2.37. The van der Waals surface area contributed by atoms with Gasteiger partial charge in [0.2, 0.25) is 5.91 Å². The average molecular weight is 305 g/mol. The van der Waals surface area contributed by atoms with Gasteiger partial charge >= 0.3 is 0 Å². The number of fused-ring (bicyclic) bond motifs is 1. The molecule has 21 heavy (non-hydrogen) atoms. The van der Waals surface area contributed by atoms with Gasteiger partial charge < -0.3 is 10.3 Å². The summed E-state index contributed by atoms with van der Waals surface area (Å²) in [6, 6.07) is 7.36. The predicted molar refractivity (Wildman–Crippen MR) is 85.9 cm³/mol. The summed E-state index contributed by atoms with van der Waals surface area (Å²) in [5.41, 5.74) is 0.712. The van der Waals surface area contributed by atoms with E-state index in [4.69, 9.17) is 12.2 Å². The molecule has 0 aliphatic rings. The Hall–Kier alpha value is -1.95. The normalized spacial score (nSPS) is 10.7. The van der Waals surface area contributed by atoms with E-state index in [2.05, 4.69) is 10.3 Å². The summed E-state index contributed by atoms with van der Waals surface area (Å²) in [6.45, 7) is 0.576. The van der Waals surface area contributed by atoms with E-state index in [1.54, 1.807) is 17.7 Å². The molecule has 0 bridgehead atoms. The Kier molecular flexibility index (Phi) is 5.27. The highest BCUT2D eigenvalue weighted by Crippen LogP contribution is 2.07. The lowest BCUT2D eigenvalue weighted by molar-refractivity contribution is -0.120. The molecule has 0 radical (unpaired) electrons. The van der Waals surface area contributed by atoms with Crippen LogP contribution in [-0.2, 0) is 11.3 Å². The molecule has 2 aromatic rings. The van der Waals surface area contributed by atoms with Gasteiger partial charge in [0.05, 0.1) is 10.9 Å². The molecule has 6 heteroatoms. The zero-order chi connectivity index (χ0) is 15.2. The molecule has 2 N–H and O–H groups in total. The van der Waals surface area contributed by atoms with Gasteiger partial charge in [-0.05, 0) is 37.2 Å². The van der Waals surface area contributed by atoms with E-state index >= 15 is 0 Å². The maximum Gasteiger partial charge on any atom is 0.262 e. The van der Waals surface area contributed by atoms with Crippen molar-refractivity contribution in [3.05, 3.63) is 39.4 Å². The van der Waals surface area contributed by atoms with Crippen molar-refractivity contribution in [1.29, 1.82) is 0 Å². The van der Waals surface area contributed by atoms with Gasteiger partial charge in [-0.25, -0.2) is 0 Å². The van der Waals surface area contributed by atoms with Crippen LogP contribution in [0.1, 0.15) is 25.7 Å². The molecule has 0 spiro atoms. The summed E-state index contributed by atoms with van der Waals surface area (Å²) in [7, 11) is 1.64. The third-order valence-corrected chi connectivity index (χ3v) is 3.78. The maximum absolute atomic E-state index is 12.4. The second-order valence-corrected chi connectivity index (χ2v) is 5.30. The number of hydrogen-bond donors (Lipinski definition) is 2. The highest BCUT2D eigenvalue weighted by atomic mass is 32.1. The summed E-state index contributed by atoms with van der Waals surface area (Å²) in [4.78, 5) is 26.6. The number of benzene rings is 1. The first-order valence-electron chi connectivity index (χ1n) is 7.06. The van der Waals surface area contributed by atoms with Gasteiger partial charge in [-0.2, -0.15) is 0 Å². The van der Waals surface area contributed by atoms with Crippen LogP contribution in [0.25, 0.3) is 10.9 Å². The van der Waals surface area contributed by atoms with Crippen LogP contribution in [0.2, 0.25) is 0 Å². The van der Waals surface area contributed by atoms with Crippen LogP contribution in [0, 0.1) is 4.77 Å². The lowest BCUT2D eigenvalue weighted by Crippen LogP contribution is -2.22. The first-order valence-corrected chi connectivity index (χ1v) is 7.46. The van der Waals surface area contributed by atoms with E-state index < -0.39 is 0 Å². The third kappa shape index (κ3) is 3.78. The van der Waals surface area contributed by atoms with E-state index in [1.165, 1.54) is 0 Å². The maximum atomic E-state index is 12.4. The summed E-state index contributed by atoms with van der Waals surface area (Å²) in [5, 5.41) is 3.25. The fourth-order valence-electron chi connectivity index (χ4n) is 2.26. The molecule has 1 heterocycles. The number of H-pyrrole nitrogens is 1. The minimum Gasteiger partial charge on any atom is -0.359 e. The standard InChI is InChI=1S/C15H19N3O2S/c1-16-13(19)9-3-2-6-10-18-14(20)11-7-4-5-8-12(11)17-15(18)21/h4-5,7-8H,2-3,6,9-10H2,1H3,(H,16,19)(H,17,21). The Morgan fingerprint density at radius 2 is 2.05 bits per heavy atom. The average Bonchev–Trinajstić information content (AvgIpc) is 2.49. The minimum absolute atomic E-state index is 0.0511. The van der Waals surface area contributed by atoms with E-state index in [0.717, 1.165) is 24.8 Å². The smallest absolute Gasteiger partial charge is 0.262 e. The van der Waals surface area contributed by atoms with Gasteiger partial charge in [0.25, 0.3) is 5.56 Å². The molecule has 0 aliphatic heterocycles. The molecule has 2 rings (SSSR count). The Labute approximate surface area is 128 Å². The van der Waals surface area contributed by atoms with Crippen LogP contribution in [0.4, 0.5) is 0 Å². The lowest BCUT2D eigenvalue weighted by atomic mass is 10.2. The molecule has 5 nitrogen and oxygen atoms in total. The number of aromatic nitrogens is 2. The molecule has 0 saturated carbocycles. The molecule has 0 fully saturated rings. The summed E-state index contributed by atoms with van der Waals surface area (Å²) < 4.78 is 2.04. The van der Waals surface area contributed by atoms with Crippen molar-refractivity contribution >= 4 is 29.0 Å². The van der Waals surface area contributed by atoms with Gasteiger partial charge in [0.1, 0.15) is 0 Å². The van der Waals surface area contributed by atoms with Crippen LogP contribution in [0.15, 0.2) is 29.1 Å². The second-order valence-electron chi connectivity index (χ2n) is 4.92. The number of aromatic amines is 1. The van der Waals surface area contributed by atoms with Crippen LogP contribution in [-0.4, -0.2) is 22.5 Å². The van der Waals surface area contributed by atoms with Crippen LogP contribution < -0.4 is 10.9 Å². The highest BCUT2D eigenvalue weighted by Gasteiger charge is 2.05. The van der Waals surface area contributed by atoms with Gasteiger partial charge in [-0.15, -0.1) is 0 Å². The molecule has 1 aromatic heterocycles. The monoisotopic (exact) mass is 305 g/mol. The zero-order valence-corrected chi connectivity index (χ0v) is 12.8. The van der Waals surface area contributed by atoms with E-state index in [-0.39, 0.29) is 11.5 Å². The number of para-hydroxylation sites is 1. The van der Waals surface area contributed by atoms with Gasteiger partial charge in [-0.1, -0.05) is 18.6 Å². The number of unbranched alkanes of at least 4 members (excludes halogenated alkanes) is 2.